The fourth-order valence-electron chi connectivity index (χ4n) is 1.43. The molecule has 1 N–H and O–H groups in total. The van der Waals surface area contributed by atoms with E-state index in [1.165, 1.54) is 0 Å². The Morgan fingerprint density at radius 3 is 2.67 bits per heavy atom. The maximum atomic E-state index is 10.8. The van der Waals surface area contributed by atoms with Crippen molar-refractivity contribution < 1.29 is 14.3 Å². The van der Waals surface area contributed by atoms with Gasteiger partial charge < -0.3 is 9.52 Å². The van der Waals surface area contributed by atoms with Crippen LogP contribution in [0.25, 0.3) is 11.1 Å². The predicted octanol–water partition coefficient (Wildman–Crippen LogP) is 2.95. The van der Waals surface area contributed by atoms with Gasteiger partial charge in [-0.1, -0.05) is 12.1 Å². The van der Waals surface area contributed by atoms with Crippen molar-refractivity contribution in [3.05, 3.63) is 47.9 Å². The molecule has 0 bridgehead atoms. The fourth-order valence-corrected chi connectivity index (χ4v) is 1.43. The van der Waals surface area contributed by atoms with Crippen molar-refractivity contribution in [1.29, 1.82) is 0 Å². The van der Waals surface area contributed by atoms with Crippen LogP contribution in [0.5, 0.6) is 0 Å². The summed E-state index contributed by atoms with van der Waals surface area (Å²) in [5, 5.41) is 8.84. The average Bonchev–Trinajstić information content (AvgIpc) is 2.65. The van der Waals surface area contributed by atoms with Gasteiger partial charge >= 0.3 is 5.97 Å². The van der Waals surface area contributed by atoms with Gasteiger partial charge in [-0.2, -0.15) is 0 Å². The molecule has 2 aromatic rings. The van der Waals surface area contributed by atoms with Crippen molar-refractivity contribution in [2.45, 2.75) is 6.92 Å². The Kier molecular flexibility index (Phi) is 2.29. The summed E-state index contributed by atoms with van der Waals surface area (Å²) in [6.07, 6.45) is 1.62. The van der Waals surface area contributed by atoms with Gasteiger partial charge in [0, 0.05) is 5.56 Å². The van der Waals surface area contributed by atoms with E-state index >= 15 is 0 Å². The lowest BCUT2D eigenvalue weighted by Crippen LogP contribution is -1.95. The molecule has 76 valence electrons. The first-order valence-electron chi connectivity index (χ1n) is 4.55. The highest BCUT2D eigenvalue weighted by molar-refractivity contribution is 5.89. The van der Waals surface area contributed by atoms with E-state index in [-0.39, 0.29) is 5.56 Å². The molecule has 0 amide bonds. The topological polar surface area (TPSA) is 50.4 Å². The van der Waals surface area contributed by atoms with Gasteiger partial charge in [0.1, 0.15) is 5.76 Å². The molecule has 1 aromatic heterocycles. The molecule has 0 aliphatic heterocycles. The third-order valence-corrected chi connectivity index (χ3v) is 2.17. The molecule has 1 aromatic carbocycles. The van der Waals surface area contributed by atoms with E-state index < -0.39 is 5.97 Å². The minimum atomic E-state index is -0.919. The Morgan fingerprint density at radius 1 is 1.27 bits per heavy atom. The highest BCUT2D eigenvalue weighted by Crippen LogP contribution is 2.22. The molecule has 0 fully saturated rings. The van der Waals surface area contributed by atoms with Crippen molar-refractivity contribution in [2.24, 2.45) is 0 Å². The van der Waals surface area contributed by atoms with Crippen LogP contribution in [0.4, 0.5) is 0 Å². The Balaban J connectivity index is 2.45. The molecule has 1 heterocycles. The number of aryl methyl sites for hydroxylation is 1. The van der Waals surface area contributed by atoms with E-state index in [0.29, 0.717) is 0 Å². The zero-order valence-corrected chi connectivity index (χ0v) is 8.23. The summed E-state index contributed by atoms with van der Waals surface area (Å²) >= 11 is 0. The van der Waals surface area contributed by atoms with Crippen LogP contribution in [0.3, 0.4) is 0 Å². The molecule has 3 heteroatoms. The van der Waals surface area contributed by atoms with Gasteiger partial charge in [-0.25, -0.2) is 4.79 Å². The quantitative estimate of drug-likeness (QED) is 0.814. The summed E-state index contributed by atoms with van der Waals surface area (Å²) in [6.45, 7) is 1.85. The number of carboxylic acids is 1. The number of aromatic carboxylic acids is 1. The van der Waals surface area contributed by atoms with Crippen LogP contribution in [0.2, 0.25) is 0 Å². The molecule has 0 atom stereocenters. The number of carbonyl (C=O) groups is 1. The number of benzene rings is 1. The van der Waals surface area contributed by atoms with Crippen LogP contribution in [-0.2, 0) is 0 Å². The van der Waals surface area contributed by atoms with Gasteiger partial charge in [-0.15, -0.1) is 0 Å². The lowest BCUT2D eigenvalue weighted by Gasteiger charge is -1.98. The van der Waals surface area contributed by atoms with Crippen molar-refractivity contribution in [3.8, 4) is 11.1 Å². The van der Waals surface area contributed by atoms with Gasteiger partial charge in [0.2, 0.25) is 0 Å². The van der Waals surface area contributed by atoms with Crippen LogP contribution in [-0.4, -0.2) is 11.1 Å². The van der Waals surface area contributed by atoms with E-state index in [4.69, 9.17) is 9.52 Å². The fraction of sp³-hybridized carbons (Fsp3) is 0.0833. The number of hydrogen-bond acceptors (Lipinski definition) is 2. The number of hydrogen-bond donors (Lipinski definition) is 1. The lowest BCUT2D eigenvalue weighted by atomic mass is 10.1. The van der Waals surface area contributed by atoms with Gasteiger partial charge in [0.05, 0.1) is 11.8 Å². The first-order valence-corrected chi connectivity index (χ1v) is 4.55. The second-order valence-corrected chi connectivity index (χ2v) is 3.33. The minimum Gasteiger partial charge on any atom is -0.478 e. The van der Waals surface area contributed by atoms with Gasteiger partial charge in [-0.3, -0.25) is 0 Å². The smallest absolute Gasteiger partial charge is 0.335 e. The number of carboxylic acid groups (broad SMARTS) is 1. The zero-order chi connectivity index (χ0) is 10.8. The number of rotatable bonds is 2. The normalized spacial score (nSPS) is 10.2. The van der Waals surface area contributed by atoms with Crippen molar-refractivity contribution in [3.63, 3.8) is 0 Å². The molecular formula is C12H10O3. The summed E-state index contributed by atoms with van der Waals surface area (Å²) in [5.74, 6) is -0.109. The van der Waals surface area contributed by atoms with Crippen molar-refractivity contribution >= 4 is 5.97 Å². The molecule has 3 nitrogen and oxygen atoms in total. The third-order valence-electron chi connectivity index (χ3n) is 2.17. The Bertz CT molecular complexity index is 497. The van der Waals surface area contributed by atoms with Gasteiger partial charge in [0.25, 0.3) is 0 Å². The predicted molar refractivity (Wildman–Crippen MR) is 55.8 cm³/mol. The molecule has 0 aliphatic rings. The molecule has 0 unspecified atom stereocenters. The van der Waals surface area contributed by atoms with Crippen LogP contribution in [0, 0.1) is 6.92 Å². The Hall–Kier alpha value is -2.03. The second-order valence-electron chi connectivity index (χ2n) is 3.33. The molecule has 0 aliphatic carbocycles. The largest absolute Gasteiger partial charge is 0.478 e. The lowest BCUT2D eigenvalue weighted by molar-refractivity contribution is 0.0697. The maximum Gasteiger partial charge on any atom is 0.335 e. The van der Waals surface area contributed by atoms with Gasteiger partial charge in [-0.05, 0) is 30.7 Å². The third kappa shape index (κ3) is 1.91. The van der Waals surface area contributed by atoms with E-state index in [2.05, 4.69) is 0 Å². The standard InChI is InChI=1S/C12H10O3/c1-8-5-11(7-15-8)9-3-2-4-10(6-9)12(13)14/h2-7H,1H3,(H,13,14). The Morgan fingerprint density at radius 2 is 2.07 bits per heavy atom. The Labute approximate surface area is 87.0 Å². The van der Waals surface area contributed by atoms with Crippen molar-refractivity contribution in [1.82, 2.24) is 0 Å². The van der Waals surface area contributed by atoms with Crippen LogP contribution >= 0.6 is 0 Å². The molecule has 0 saturated heterocycles. The summed E-state index contributed by atoms with van der Waals surface area (Å²) in [4.78, 5) is 10.8. The van der Waals surface area contributed by atoms with Crippen molar-refractivity contribution in [2.75, 3.05) is 0 Å². The first-order chi connectivity index (χ1) is 7.16. The van der Waals surface area contributed by atoms with E-state index in [0.717, 1.165) is 16.9 Å². The van der Waals surface area contributed by atoms with Gasteiger partial charge in [0.15, 0.2) is 0 Å². The highest BCUT2D eigenvalue weighted by Gasteiger charge is 2.06. The SMILES string of the molecule is Cc1cc(-c2cccc(C(=O)O)c2)co1. The highest BCUT2D eigenvalue weighted by atomic mass is 16.4. The first kappa shape index (κ1) is 9.52. The number of furan rings is 1. The molecule has 0 spiro atoms. The summed E-state index contributed by atoms with van der Waals surface area (Å²) in [5.41, 5.74) is 2.04. The zero-order valence-electron chi connectivity index (χ0n) is 8.23. The van der Waals surface area contributed by atoms with Crippen LogP contribution in [0.1, 0.15) is 16.1 Å². The molecule has 15 heavy (non-hydrogen) atoms. The molecule has 0 saturated carbocycles. The van der Waals surface area contributed by atoms with E-state index in [1.54, 1.807) is 24.5 Å². The molecular weight excluding hydrogens is 192 g/mol. The second kappa shape index (κ2) is 3.61. The molecule has 0 radical (unpaired) electrons. The average molecular weight is 202 g/mol. The molecule has 2 rings (SSSR count). The van der Waals surface area contributed by atoms with E-state index in [9.17, 15) is 4.79 Å². The maximum absolute atomic E-state index is 10.8. The summed E-state index contributed by atoms with van der Waals surface area (Å²) in [6, 6.07) is 8.66. The summed E-state index contributed by atoms with van der Waals surface area (Å²) < 4.78 is 5.17. The van der Waals surface area contributed by atoms with Crippen LogP contribution in [0.15, 0.2) is 41.0 Å². The summed E-state index contributed by atoms with van der Waals surface area (Å²) in [7, 11) is 0. The van der Waals surface area contributed by atoms with Crippen LogP contribution < -0.4 is 0 Å². The van der Waals surface area contributed by atoms with E-state index in [1.807, 2.05) is 19.1 Å². The minimum absolute atomic E-state index is 0.284. The monoisotopic (exact) mass is 202 g/mol.